The van der Waals surface area contributed by atoms with E-state index in [1.54, 1.807) is 12.1 Å². The summed E-state index contributed by atoms with van der Waals surface area (Å²) in [5.74, 6) is 0.307. The van der Waals surface area contributed by atoms with Crippen LogP contribution in [0.5, 0.6) is 0 Å². The van der Waals surface area contributed by atoms with Crippen LogP contribution in [0.4, 0.5) is 10.1 Å². The molecule has 0 spiro atoms. The highest BCUT2D eigenvalue weighted by Crippen LogP contribution is 2.37. The highest BCUT2D eigenvalue weighted by atomic mass is 19.1. The largest absolute Gasteiger partial charge is 0.469 e. The zero-order valence-electron chi connectivity index (χ0n) is 15.7. The summed E-state index contributed by atoms with van der Waals surface area (Å²) in [6, 6.07) is 5.12. The van der Waals surface area contributed by atoms with Crippen LogP contribution in [0.15, 0.2) is 18.2 Å². The number of ether oxygens (including phenoxy) is 2. The number of esters is 1. The fraction of sp³-hybridized carbons (Fsp3) is 0.650. The van der Waals surface area contributed by atoms with Gasteiger partial charge in [-0.15, -0.1) is 0 Å². The van der Waals surface area contributed by atoms with Gasteiger partial charge in [-0.2, -0.15) is 0 Å². The predicted molar refractivity (Wildman–Crippen MR) is 98.9 cm³/mol. The number of nitrogens with one attached hydrogen (secondary N) is 1. The summed E-state index contributed by atoms with van der Waals surface area (Å²) in [7, 11) is 1.44. The van der Waals surface area contributed by atoms with Gasteiger partial charge in [0.05, 0.1) is 19.6 Å². The van der Waals surface area contributed by atoms with Crippen LogP contribution in [0.2, 0.25) is 0 Å². The van der Waals surface area contributed by atoms with Gasteiger partial charge in [0.25, 0.3) is 0 Å². The first-order chi connectivity index (χ1) is 12.6. The third kappa shape index (κ3) is 4.18. The van der Waals surface area contributed by atoms with Crippen molar-refractivity contribution in [1.82, 2.24) is 5.32 Å². The average Bonchev–Trinajstić information content (AvgIpc) is 3.14. The molecule has 2 aliphatic rings. The molecule has 1 aromatic rings. The normalized spacial score (nSPS) is 24.0. The van der Waals surface area contributed by atoms with Gasteiger partial charge in [-0.3, -0.25) is 4.79 Å². The minimum absolute atomic E-state index is 0.0490. The Morgan fingerprint density at radius 3 is 2.77 bits per heavy atom. The van der Waals surface area contributed by atoms with E-state index in [0.717, 1.165) is 51.3 Å². The van der Waals surface area contributed by atoms with Crippen LogP contribution in [0.1, 0.15) is 31.2 Å². The van der Waals surface area contributed by atoms with E-state index in [0.29, 0.717) is 18.4 Å². The van der Waals surface area contributed by atoms with Crippen molar-refractivity contribution in [3.63, 3.8) is 0 Å². The van der Waals surface area contributed by atoms with Gasteiger partial charge in [-0.25, -0.2) is 4.39 Å². The molecule has 26 heavy (non-hydrogen) atoms. The maximum absolute atomic E-state index is 14.0. The van der Waals surface area contributed by atoms with Gasteiger partial charge < -0.3 is 19.7 Å². The minimum atomic E-state index is -0.217. The molecule has 2 heterocycles. The molecule has 2 atom stereocenters. The third-order valence-corrected chi connectivity index (χ3v) is 5.64. The topological polar surface area (TPSA) is 50.8 Å². The predicted octanol–water partition coefficient (Wildman–Crippen LogP) is 2.55. The van der Waals surface area contributed by atoms with Crippen molar-refractivity contribution in [1.29, 1.82) is 0 Å². The molecule has 0 saturated carbocycles. The summed E-state index contributed by atoms with van der Waals surface area (Å²) >= 11 is 0. The first kappa shape index (κ1) is 19.1. The molecule has 2 fully saturated rings. The lowest BCUT2D eigenvalue weighted by molar-refractivity contribution is -0.146. The van der Waals surface area contributed by atoms with E-state index < -0.39 is 0 Å². The van der Waals surface area contributed by atoms with Gasteiger partial charge in [0.2, 0.25) is 0 Å². The molecular formula is C20H29FN2O3. The van der Waals surface area contributed by atoms with Crippen molar-refractivity contribution < 1.29 is 18.7 Å². The van der Waals surface area contributed by atoms with E-state index in [1.165, 1.54) is 12.7 Å². The summed E-state index contributed by atoms with van der Waals surface area (Å²) in [6.07, 6.45) is 1.49. The van der Waals surface area contributed by atoms with E-state index in [4.69, 9.17) is 9.47 Å². The summed E-state index contributed by atoms with van der Waals surface area (Å²) in [5.41, 5.74) is 2.14. The van der Waals surface area contributed by atoms with E-state index in [2.05, 4.69) is 10.2 Å². The second kappa shape index (κ2) is 8.82. The molecule has 0 unspecified atom stereocenters. The Morgan fingerprint density at radius 2 is 2.08 bits per heavy atom. The van der Waals surface area contributed by atoms with Crippen LogP contribution in [-0.2, 0) is 14.3 Å². The van der Waals surface area contributed by atoms with Gasteiger partial charge in [-0.1, -0.05) is 6.07 Å². The molecule has 1 N–H and O–H groups in total. The number of hydrogen-bond acceptors (Lipinski definition) is 5. The van der Waals surface area contributed by atoms with Crippen molar-refractivity contribution in [2.75, 3.05) is 51.4 Å². The SMILES string of the molecule is CCOC[C@H]1CNC[C@@H]1c1ccc(F)cc1N1CCC(C(=O)OC)CC1. The Labute approximate surface area is 154 Å². The van der Waals surface area contributed by atoms with E-state index >= 15 is 0 Å². The molecule has 0 aromatic heterocycles. The van der Waals surface area contributed by atoms with Gasteiger partial charge in [0.15, 0.2) is 0 Å². The molecule has 3 rings (SSSR count). The molecule has 1 aromatic carbocycles. The van der Waals surface area contributed by atoms with E-state index in [9.17, 15) is 9.18 Å². The number of carbonyl (C=O) groups excluding carboxylic acids is 1. The fourth-order valence-corrected chi connectivity index (χ4v) is 4.17. The lowest BCUT2D eigenvalue weighted by Crippen LogP contribution is -2.37. The van der Waals surface area contributed by atoms with Gasteiger partial charge in [-0.05, 0) is 37.5 Å². The van der Waals surface area contributed by atoms with Crippen LogP contribution >= 0.6 is 0 Å². The van der Waals surface area contributed by atoms with Crippen molar-refractivity contribution in [3.05, 3.63) is 29.6 Å². The number of piperidine rings is 1. The first-order valence-electron chi connectivity index (χ1n) is 9.54. The third-order valence-electron chi connectivity index (χ3n) is 5.64. The number of hydrogen-bond donors (Lipinski definition) is 1. The molecule has 0 radical (unpaired) electrons. The second-order valence-corrected chi connectivity index (χ2v) is 7.17. The monoisotopic (exact) mass is 364 g/mol. The quantitative estimate of drug-likeness (QED) is 0.786. The molecule has 2 saturated heterocycles. The summed E-state index contributed by atoms with van der Waals surface area (Å²) in [5, 5.41) is 3.45. The molecule has 0 amide bonds. The Bertz CT molecular complexity index is 617. The van der Waals surface area contributed by atoms with Gasteiger partial charge in [0, 0.05) is 50.3 Å². The van der Waals surface area contributed by atoms with Crippen molar-refractivity contribution >= 4 is 11.7 Å². The first-order valence-corrected chi connectivity index (χ1v) is 9.54. The van der Waals surface area contributed by atoms with E-state index in [1.807, 2.05) is 13.0 Å². The number of methoxy groups -OCH3 is 1. The van der Waals surface area contributed by atoms with Gasteiger partial charge >= 0.3 is 5.97 Å². The number of carbonyl (C=O) groups is 1. The fourth-order valence-electron chi connectivity index (χ4n) is 4.17. The van der Waals surface area contributed by atoms with Gasteiger partial charge in [0.1, 0.15) is 5.82 Å². The van der Waals surface area contributed by atoms with Crippen molar-refractivity contribution in [2.24, 2.45) is 11.8 Å². The molecule has 5 nitrogen and oxygen atoms in total. The average molecular weight is 364 g/mol. The highest BCUT2D eigenvalue weighted by molar-refractivity contribution is 5.72. The van der Waals surface area contributed by atoms with Crippen LogP contribution in [0, 0.1) is 17.7 Å². The van der Waals surface area contributed by atoms with E-state index in [-0.39, 0.29) is 17.7 Å². The summed E-state index contributed by atoms with van der Waals surface area (Å²) in [4.78, 5) is 14.0. The smallest absolute Gasteiger partial charge is 0.308 e. The van der Waals surface area contributed by atoms with Crippen LogP contribution < -0.4 is 10.2 Å². The summed E-state index contributed by atoms with van der Waals surface area (Å²) in [6.45, 7) is 6.72. The maximum atomic E-state index is 14.0. The van der Waals surface area contributed by atoms with Crippen molar-refractivity contribution in [2.45, 2.75) is 25.7 Å². The standard InChI is InChI=1S/C20H29FN2O3/c1-3-26-13-15-11-22-12-18(15)17-5-4-16(21)10-19(17)23-8-6-14(7-9-23)20(24)25-2/h4-5,10,14-15,18,22H,3,6-9,11-13H2,1-2H3/t15-,18+/m1/s1. The number of anilines is 1. The minimum Gasteiger partial charge on any atom is -0.469 e. The lowest BCUT2D eigenvalue weighted by atomic mass is 9.87. The number of halogens is 1. The maximum Gasteiger partial charge on any atom is 0.308 e. The Balaban J connectivity index is 1.77. The van der Waals surface area contributed by atoms with Crippen LogP contribution in [0.3, 0.4) is 0 Å². The second-order valence-electron chi connectivity index (χ2n) is 7.17. The number of nitrogens with zero attached hydrogens (tertiary/aromatic N) is 1. The molecule has 144 valence electrons. The zero-order chi connectivity index (χ0) is 18.5. The number of rotatable bonds is 6. The molecule has 0 aliphatic carbocycles. The molecule has 2 aliphatic heterocycles. The van der Waals surface area contributed by atoms with Crippen LogP contribution in [-0.4, -0.2) is 52.5 Å². The Kier molecular flexibility index (Phi) is 6.48. The molecule has 0 bridgehead atoms. The highest BCUT2D eigenvalue weighted by Gasteiger charge is 2.33. The Hall–Kier alpha value is -1.66. The number of benzene rings is 1. The van der Waals surface area contributed by atoms with Crippen molar-refractivity contribution in [3.8, 4) is 0 Å². The molecule has 6 heteroatoms. The lowest BCUT2D eigenvalue weighted by Gasteiger charge is -2.35. The summed E-state index contributed by atoms with van der Waals surface area (Å²) < 4.78 is 24.5. The van der Waals surface area contributed by atoms with Crippen LogP contribution in [0.25, 0.3) is 0 Å². The Morgan fingerprint density at radius 1 is 1.31 bits per heavy atom. The zero-order valence-corrected chi connectivity index (χ0v) is 15.7. The molecular weight excluding hydrogens is 335 g/mol.